The van der Waals surface area contributed by atoms with E-state index in [4.69, 9.17) is 0 Å². The summed E-state index contributed by atoms with van der Waals surface area (Å²) < 4.78 is 2.26. The SMILES string of the molecule is CNc1cccc2c(C)nc(C3CC3)n12. The normalized spacial score (nSPS) is 15.9. The molecule has 0 bridgehead atoms. The quantitative estimate of drug-likeness (QED) is 0.809. The number of pyridine rings is 1. The van der Waals surface area contributed by atoms with E-state index in [-0.39, 0.29) is 0 Å². The predicted octanol–water partition coefficient (Wildman–Crippen LogP) is 2.56. The van der Waals surface area contributed by atoms with Crippen LogP contribution in [0.1, 0.15) is 30.3 Å². The Hall–Kier alpha value is -1.51. The summed E-state index contributed by atoms with van der Waals surface area (Å²) in [5.41, 5.74) is 2.36. The molecule has 3 heteroatoms. The van der Waals surface area contributed by atoms with Crippen LogP contribution in [0.2, 0.25) is 0 Å². The molecule has 0 spiro atoms. The fourth-order valence-corrected chi connectivity index (χ4v) is 2.13. The van der Waals surface area contributed by atoms with Crippen LogP contribution in [-0.4, -0.2) is 16.4 Å². The van der Waals surface area contributed by atoms with E-state index in [1.54, 1.807) is 0 Å². The Morgan fingerprint density at radius 2 is 2.20 bits per heavy atom. The van der Waals surface area contributed by atoms with Crippen LogP contribution in [0.25, 0.3) is 5.52 Å². The van der Waals surface area contributed by atoms with Gasteiger partial charge in [-0.05, 0) is 31.9 Å². The summed E-state index contributed by atoms with van der Waals surface area (Å²) in [4.78, 5) is 4.68. The summed E-state index contributed by atoms with van der Waals surface area (Å²) in [6.45, 7) is 2.08. The Morgan fingerprint density at radius 3 is 2.87 bits per heavy atom. The van der Waals surface area contributed by atoms with E-state index in [1.165, 1.54) is 24.2 Å². The Labute approximate surface area is 89.1 Å². The van der Waals surface area contributed by atoms with Gasteiger partial charge in [0.1, 0.15) is 11.6 Å². The number of anilines is 1. The number of nitrogens with zero attached hydrogens (tertiary/aromatic N) is 2. The first-order valence-electron chi connectivity index (χ1n) is 5.47. The first-order valence-corrected chi connectivity index (χ1v) is 5.47. The average molecular weight is 201 g/mol. The van der Waals surface area contributed by atoms with E-state index in [1.807, 2.05) is 7.05 Å². The van der Waals surface area contributed by atoms with Crippen molar-refractivity contribution >= 4 is 11.3 Å². The minimum absolute atomic E-state index is 0.681. The van der Waals surface area contributed by atoms with Gasteiger partial charge in [0.15, 0.2) is 0 Å². The van der Waals surface area contributed by atoms with Gasteiger partial charge in [0, 0.05) is 13.0 Å². The molecule has 1 N–H and O–H groups in total. The highest BCUT2D eigenvalue weighted by Gasteiger charge is 2.29. The summed E-state index contributed by atoms with van der Waals surface area (Å²) in [5.74, 6) is 3.04. The largest absolute Gasteiger partial charge is 0.374 e. The van der Waals surface area contributed by atoms with Gasteiger partial charge in [-0.1, -0.05) is 6.07 Å². The number of aryl methyl sites for hydroxylation is 1. The molecule has 3 nitrogen and oxygen atoms in total. The number of hydrogen-bond donors (Lipinski definition) is 1. The zero-order chi connectivity index (χ0) is 10.4. The number of rotatable bonds is 2. The first-order chi connectivity index (χ1) is 7.31. The fourth-order valence-electron chi connectivity index (χ4n) is 2.13. The molecular formula is C12H15N3. The van der Waals surface area contributed by atoms with Gasteiger partial charge in [0.2, 0.25) is 0 Å². The van der Waals surface area contributed by atoms with Crippen molar-refractivity contribution in [3.05, 3.63) is 29.7 Å². The van der Waals surface area contributed by atoms with Crippen molar-refractivity contribution in [1.82, 2.24) is 9.38 Å². The Kier molecular flexibility index (Phi) is 1.75. The predicted molar refractivity (Wildman–Crippen MR) is 61.5 cm³/mol. The molecule has 2 aromatic rings. The molecule has 0 atom stereocenters. The van der Waals surface area contributed by atoms with Gasteiger partial charge in [-0.2, -0.15) is 0 Å². The van der Waals surface area contributed by atoms with Crippen molar-refractivity contribution in [1.29, 1.82) is 0 Å². The van der Waals surface area contributed by atoms with E-state index < -0.39 is 0 Å². The minimum atomic E-state index is 0.681. The highest BCUT2D eigenvalue weighted by molar-refractivity contribution is 5.59. The highest BCUT2D eigenvalue weighted by atomic mass is 15.1. The van der Waals surface area contributed by atoms with E-state index in [9.17, 15) is 0 Å². The van der Waals surface area contributed by atoms with Crippen LogP contribution in [0, 0.1) is 6.92 Å². The third kappa shape index (κ3) is 1.23. The van der Waals surface area contributed by atoms with Crippen LogP contribution in [0.3, 0.4) is 0 Å². The summed E-state index contributed by atoms with van der Waals surface area (Å²) in [7, 11) is 1.96. The van der Waals surface area contributed by atoms with Crippen molar-refractivity contribution < 1.29 is 0 Å². The first kappa shape index (κ1) is 8.77. The van der Waals surface area contributed by atoms with E-state index in [2.05, 4.69) is 39.8 Å². The van der Waals surface area contributed by atoms with Gasteiger partial charge in [-0.15, -0.1) is 0 Å². The molecular weight excluding hydrogens is 186 g/mol. The smallest absolute Gasteiger partial charge is 0.118 e. The third-order valence-electron chi connectivity index (χ3n) is 3.07. The second-order valence-corrected chi connectivity index (χ2v) is 4.21. The topological polar surface area (TPSA) is 29.3 Å². The molecule has 78 valence electrons. The number of aromatic nitrogens is 2. The molecule has 0 radical (unpaired) electrons. The average Bonchev–Trinajstić information content (AvgIpc) is 3.04. The maximum atomic E-state index is 4.68. The van der Waals surface area contributed by atoms with Crippen molar-refractivity contribution in [3.63, 3.8) is 0 Å². The van der Waals surface area contributed by atoms with Gasteiger partial charge < -0.3 is 5.32 Å². The molecule has 0 aliphatic heterocycles. The Morgan fingerprint density at radius 1 is 1.40 bits per heavy atom. The van der Waals surface area contributed by atoms with Gasteiger partial charge in [0.25, 0.3) is 0 Å². The molecule has 15 heavy (non-hydrogen) atoms. The molecule has 0 unspecified atom stereocenters. The molecule has 2 aromatic heterocycles. The summed E-state index contributed by atoms with van der Waals surface area (Å²) in [6.07, 6.45) is 2.58. The summed E-state index contributed by atoms with van der Waals surface area (Å²) in [6, 6.07) is 6.31. The Balaban J connectivity index is 2.34. The van der Waals surface area contributed by atoms with E-state index >= 15 is 0 Å². The number of nitrogens with one attached hydrogen (secondary N) is 1. The van der Waals surface area contributed by atoms with Crippen molar-refractivity contribution in [2.75, 3.05) is 12.4 Å². The van der Waals surface area contributed by atoms with Crippen LogP contribution in [-0.2, 0) is 0 Å². The minimum Gasteiger partial charge on any atom is -0.374 e. The lowest BCUT2D eigenvalue weighted by molar-refractivity contribution is 0.919. The fraction of sp³-hybridized carbons (Fsp3) is 0.417. The van der Waals surface area contributed by atoms with E-state index in [0.717, 1.165) is 11.5 Å². The van der Waals surface area contributed by atoms with Crippen molar-refractivity contribution in [3.8, 4) is 0 Å². The van der Waals surface area contributed by atoms with Gasteiger partial charge in [-0.25, -0.2) is 4.98 Å². The molecule has 1 aliphatic carbocycles. The lowest BCUT2D eigenvalue weighted by Crippen LogP contribution is -2.00. The van der Waals surface area contributed by atoms with Crippen LogP contribution < -0.4 is 5.32 Å². The molecule has 0 aromatic carbocycles. The summed E-state index contributed by atoms with van der Waals surface area (Å²) >= 11 is 0. The number of fused-ring (bicyclic) bond motifs is 1. The van der Waals surface area contributed by atoms with Crippen LogP contribution in [0.15, 0.2) is 18.2 Å². The second kappa shape index (κ2) is 2.99. The third-order valence-corrected chi connectivity index (χ3v) is 3.07. The van der Waals surface area contributed by atoms with Crippen LogP contribution in [0.4, 0.5) is 5.82 Å². The van der Waals surface area contributed by atoms with Crippen LogP contribution >= 0.6 is 0 Å². The molecule has 1 saturated carbocycles. The highest BCUT2D eigenvalue weighted by Crippen LogP contribution is 2.40. The van der Waals surface area contributed by atoms with Gasteiger partial charge >= 0.3 is 0 Å². The number of imidazole rings is 1. The zero-order valence-electron chi connectivity index (χ0n) is 9.12. The lowest BCUT2D eigenvalue weighted by Gasteiger charge is -2.07. The molecule has 1 aliphatic rings. The van der Waals surface area contributed by atoms with Gasteiger partial charge in [-0.3, -0.25) is 4.40 Å². The van der Waals surface area contributed by atoms with Gasteiger partial charge in [0.05, 0.1) is 11.2 Å². The maximum absolute atomic E-state index is 4.68. The van der Waals surface area contributed by atoms with Crippen LogP contribution in [0.5, 0.6) is 0 Å². The zero-order valence-corrected chi connectivity index (χ0v) is 9.12. The second-order valence-electron chi connectivity index (χ2n) is 4.21. The molecule has 3 rings (SSSR count). The number of hydrogen-bond acceptors (Lipinski definition) is 2. The Bertz CT molecular complexity index is 509. The van der Waals surface area contributed by atoms with E-state index in [0.29, 0.717) is 5.92 Å². The summed E-state index contributed by atoms with van der Waals surface area (Å²) in [5, 5.41) is 3.23. The molecule has 0 amide bonds. The monoisotopic (exact) mass is 201 g/mol. The maximum Gasteiger partial charge on any atom is 0.118 e. The molecule has 1 fully saturated rings. The standard InChI is InChI=1S/C12H15N3/c1-8-10-4-3-5-11(13-2)15(10)12(14-8)9-6-7-9/h3-5,9,13H,6-7H2,1-2H3. The van der Waals surface area contributed by atoms with Crippen molar-refractivity contribution in [2.45, 2.75) is 25.7 Å². The van der Waals surface area contributed by atoms with Crippen molar-refractivity contribution in [2.24, 2.45) is 0 Å². The molecule has 2 heterocycles. The molecule has 0 saturated heterocycles. The lowest BCUT2D eigenvalue weighted by atomic mass is 10.3.